The summed E-state index contributed by atoms with van der Waals surface area (Å²) in [5.41, 5.74) is 0. The van der Waals surface area contributed by atoms with E-state index in [1.165, 1.54) is 12.5 Å². The Labute approximate surface area is 90.9 Å². The minimum Gasteiger partial charge on any atom is -0.396 e. The zero-order valence-electron chi connectivity index (χ0n) is 10.9. The molecule has 0 aromatic heterocycles. The topological polar surface area (TPSA) is 20.2 Å². The number of rotatable bonds is 5. The Morgan fingerprint density at radius 3 is 2.00 bits per heavy atom. The van der Waals surface area contributed by atoms with E-state index >= 15 is 0 Å². The van der Waals surface area contributed by atoms with Crippen molar-refractivity contribution in [2.24, 2.45) is 5.92 Å². The van der Waals surface area contributed by atoms with Gasteiger partial charge in [0.15, 0.2) is 0 Å². The molecule has 1 N–H and O–H groups in total. The van der Waals surface area contributed by atoms with Crippen LogP contribution in [-0.4, -0.2) is 19.8 Å². The Kier molecular flexibility index (Phi) is 5.38. The number of aliphatic hydroxyl groups is 1. The first-order valence-electron chi connectivity index (χ1n) is 5.85. The molecular weight excluding hydrogens is 188 g/mol. The first-order chi connectivity index (χ1) is 6.24. The molecule has 0 unspecified atom stereocenters. The molecule has 0 saturated carbocycles. The third kappa shape index (κ3) is 4.14. The van der Waals surface area contributed by atoms with Crippen molar-refractivity contribution in [2.45, 2.75) is 64.7 Å². The van der Waals surface area contributed by atoms with Gasteiger partial charge >= 0.3 is 0 Å². The molecule has 0 aliphatic heterocycles. The summed E-state index contributed by atoms with van der Waals surface area (Å²) in [7, 11) is -1.11. The van der Waals surface area contributed by atoms with Crippen LogP contribution in [0.15, 0.2) is 0 Å². The Morgan fingerprint density at radius 1 is 1.21 bits per heavy atom. The van der Waals surface area contributed by atoms with Gasteiger partial charge in [-0.2, -0.15) is 0 Å². The van der Waals surface area contributed by atoms with E-state index in [0.29, 0.717) is 17.6 Å². The van der Waals surface area contributed by atoms with Gasteiger partial charge in [-0.15, -0.1) is 0 Å². The fraction of sp³-hybridized carbons (Fsp3) is 1.00. The summed E-state index contributed by atoms with van der Waals surface area (Å²) < 4.78 is 0. The molecule has 0 aliphatic carbocycles. The van der Waals surface area contributed by atoms with Gasteiger partial charge in [-0.25, -0.2) is 0 Å². The van der Waals surface area contributed by atoms with Crippen molar-refractivity contribution in [1.82, 2.24) is 0 Å². The quantitative estimate of drug-likeness (QED) is 0.691. The molecule has 0 spiro atoms. The lowest BCUT2D eigenvalue weighted by Gasteiger charge is -2.37. The summed E-state index contributed by atoms with van der Waals surface area (Å²) in [6.07, 6.45) is 2.33. The summed E-state index contributed by atoms with van der Waals surface area (Å²) in [6.45, 7) is 14.6. The molecule has 0 amide bonds. The van der Waals surface area contributed by atoms with Gasteiger partial charge in [-0.05, 0) is 11.0 Å². The van der Waals surface area contributed by atoms with Gasteiger partial charge < -0.3 is 5.11 Å². The van der Waals surface area contributed by atoms with Crippen molar-refractivity contribution in [3.63, 3.8) is 0 Å². The fourth-order valence-electron chi connectivity index (χ4n) is 1.36. The second kappa shape index (κ2) is 5.31. The summed E-state index contributed by atoms with van der Waals surface area (Å²) in [6, 6.07) is 1.34. The maximum Gasteiger partial charge on any atom is 0.0527 e. The molecule has 0 rings (SSSR count). The molecule has 0 fully saturated rings. The highest BCUT2D eigenvalue weighted by Crippen LogP contribution is 2.40. The lowest BCUT2D eigenvalue weighted by molar-refractivity contribution is 0.218. The monoisotopic (exact) mass is 216 g/mol. The maximum absolute atomic E-state index is 9.14. The Balaban J connectivity index is 4.11. The molecule has 2 heteroatoms. The Morgan fingerprint density at radius 2 is 1.71 bits per heavy atom. The third-order valence-electron chi connectivity index (χ3n) is 4.04. The van der Waals surface area contributed by atoms with Gasteiger partial charge in [0.2, 0.25) is 0 Å². The van der Waals surface area contributed by atoms with E-state index in [4.69, 9.17) is 5.11 Å². The first kappa shape index (κ1) is 14.2. The van der Waals surface area contributed by atoms with Crippen LogP contribution in [0.5, 0.6) is 0 Å². The second-order valence-corrected chi connectivity index (χ2v) is 11.9. The summed E-state index contributed by atoms with van der Waals surface area (Å²) in [5, 5.41) is 9.63. The van der Waals surface area contributed by atoms with E-state index in [-0.39, 0.29) is 0 Å². The second-order valence-electron chi connectivity index (χ2n) is 6.13. The molecule has 0 aliphatic rings. The molecule has 86 valence electrons. The van der Waals surface area contributed by atoms with Gasteiger partial charge in [0, 0.05) is 6.61 Å². The zero-order valence-corrected chi connectivity index (χ0v) is 11.9. The fourth-order valence-corrected chi connectivity index (χ4v) is 3.24. The Bertz CT molecular complexity index is 154. The average molecular weight is 216 g/mol. The highest BCUT2D eigenvalue weighted by atomic mass is 28.3. The van der Waals surface area contributed by atoms with Gasteiger partial charge in [-0.3, -0.25) is 0 Å². The Hall–Kier alpha value is 0.177. The summed E-state index contributed by atoms with van der Waals surface area (Å²) >= 11 is 0. The van der Waals surface area contributed by atoms with Gasteiger partial charge in [0.05, 0.1) is 8.07 Å². The minimum absolute atomic E-state index is 0.366. The van der Waals surface area contributed by atoms with Crippen LogP contribution in [0.3, 0.4) is 0 Å². The van der Waals surface area contributed by atoms with Crippen molar-refractivity contribution in [3.05, 3.63) is 0 Å². The number of hydrogen-bond donors (Lipinski definition) is 1. The summed E-state index contributed by atoms with van der Waals surface area (Å²) in [4.78, 5) is 0. The lowest BCUT2D eigenvalue weighted by Crippen LogP contribution is -2.37. The average Bonchev–Trinajstić information content (AvgIpc) is 2.04. The maximum atomic E-state index is 9.14. The third-order valence-corrected chi connectivity index (χ3v) is 9.64. The molecule has 0 heterocycles. The van der Waals surface area contributed by atoms with E-state index in [0.717, 1.165) is 6.42 Å². The smallest absolute Gasteiger partial charge is 0.0527 e. The van der Waals surface area contributed by atoms with Gasteiger partial charge in [-0.1, -0.05) is 59.7 Å². The predicted molar refractivity (Wildman–Crippen MR) is 67.5 cm³/mol. The van der Waals surface area contributed by atoms with Crippen LogP contribution >= 0.6 is 0 Å². The van der Waals surface area contributed by atoms with Crippen molar-refractivity contribution in [1.29, 1.82) is 0 Å². The number of aliphatic hydroxyl groups excluding tert-OH is 1. The highest BCUT2D eigenvalue weighted by Gasteiger charge is 2.34. The molecule has 0 aromatic carbocycles. The molecule has 0 saturated heterocycles. The van der Waals surface area contributed by atoms with Crippen molar-refractivity contribution >= 4 is 8.07 Å². The van der Waals surface area contributed by atoms with Crippen LogP contribution in [0.1, 0.15) is 40.5 Å². The van der Waals surface area contributed by atoms with E-state index in [1.54, 1.807) is 0 Å². The predicted octanol–water partition coefficient (Wildman–Crippen LogP) is 3.90. The normalized spacial score (nSPS) is 15.6. The minimum atomic E-state index is -1.11. The van der Waals surface area contributed by atoms with Crippen molar-refractivity contribution < 1.29 is 5.11 Å². The van der Waals surface area contributed by atoms with Gasteiger partial charge in [0.25, 0.3) is 0 Å². The van der Waals surface area contributed by atoms with Crippen LogP contribution in [0.2, 0.25) is 24.2 Å². The molecule has 0 aromatic rings. The summed E-state index contributed by atoms with van der Waals surface area (Å²) in [5.74, 6) is 0.532. The number of hydrogen-bond acceptors (Lipinski definition) is 1. The van der Waals surface area contributed by atoms with Crippen LogP contribution in [0, 0.1) is 5.92 Å². The molecule has 1 nitrogen and oxygen atoms in total. The SMILES string of the molecule is CC[C@@H](CO)CC[Si](C)(C)C(C)(C)C. The molecule has 0 radical (unpaired) electrons. The van der Waals surface area contributed by atoms with Crippen LogP contribution < -0.4 is 0 Å². The molecule has 0 bridgehead atoms. The van der Waals surface area contributed by atoms with E-state index < -0.39 is 8.07 Å². The zero-order chi connectivity index (χ0) is 11.4. The molecule has 1 atom stereocenters. The largest absolute Gasteiger partial charge is 0.396 e. The molecular formula is C12H28OSi. The van der Waals surface area contributed by atoms with Crippen molar-refractivity contribution in [3.8, 4) is 0 Å². The van der Waals surface area contributed by atoms with Gasteiger partial charge in [0.1, 0.15) is 0 Å². The first-order valence-corrected chi connectivity index (χ1v) is 9.06. The molecule has 14 heavy (non-hydrogen) atoms. The van der Waals surface area contributed by atoms with Crippen LogP contribution in [0.4, 0.5) is 0 Å². The standard InChI is InChI=1S/C12H28OSi/c1-7-11(10-13)8-9-14(5,6)12(2,3)4/h11,13H,7-10H2,1-6H3/t11-/m1/s1. The van der Waals surface area contributed by atoms with E-state index in [9.17, 15) is 0 Å². The van der Waals surface area contributed by atoms with Crippen LogP contribution in [0.25, 0.3) is 0 Å². The van der Waals surface area contributed by atoms with Crippen molar-refractivity contribution in [2.75, 3.05) is 6.61 Å². The van der Waals surface area contributed by atoms with Crippen LogP contribution in [-0.2, 0) is 0 Å². The van der Waals surface area contributed by atoms with E-state index in [1.807, 2.05) is 0 Å². The van der Waals surface area contributed by atoms with E-state index in [2.05, 4.69) is 40.8 Å². The lowest BCUT2D eigenvalue weighted by atomic mass is 10.1. The highest BCUT2D eigenvalue weighted by molar-refractivity contribution is 6.80.